The zero-order valence-electron chi connectivity index (χ0n) is 4.66. The van der Waals surface area contributed by atoms with Gasteiger partial charge in [-0.05, 0) is 0 Å². The molecule has 0 aliphatic heterocycles. The van der Waals surface area contributed by atoms with Crippen LogP contribution in [0.25, 0.3) is 0 Å². The van der Waals surface area contributed by atoms with Crippen molar-refractivity contribution in [1.29, 1.82) is 2.56 Å². The van der Waals surface area contributed by atoms with Crippen LogP contribution in [0.15, 0.2) is 0 Å². The Balaban J connectivity index is 0. The molecular weight excluding hydrogens is 161 g/mol. The molecule has 0 aliphatic rings. The Labute approximate surface area is 51.9 Å². The Kier molecular flexibility index (Phi) is 14.5. The Morgan fingerprint density at radius 1 is 2.33 bits per heavy atom. The summed E-state index contributed by atoms with van der Waals surface area (Å²) in [7, 11) is -2.55. The number of hydrogen-bond donors (Lipinski definition) is 1. The third-order valence-electron chi connectivity index (χ3n) is 0.0408. The minimum absolute atomic E-state index is 0.521. The molecule has 2 unspecified atom stereocenters. The third-order valence-corrected chi connectivity index (χ3v) is 0.367. The van der Waals surface area contributed by atoms with Gasteiger partial charge in [0.2, 0.25) is 0 Å². The van der Waals surface area contributed by atoms with E-state index in [2.05, 4.69) is 4.31 Å². The molecule has 0 radical (unpaired) electrons. The molecule has 0 fully saturated rings. The van der Waals surface area contributed by atoms with Crippen molar-refractivity contribution in [1.82, 2.24) is 0 Å². The standard InChI is InChI=1S/H4O2P2.O.V/c1-4-2-3;;/h1,4H,3H2;;/i3T,4T;;. The van der Waals surface area contributed by atoms with E-state index >= 15 is 0 Å². The van der Waals surface area contributed by atoms with Crippen LogP contribution in [0.5, 0.6) is 0 Å². The van der Waals surface area contributed by atoms with Crippen molar-refractivity contribution in [3.63, 3.8) is 0 Å². The first-order valence-electron chi connectivity index (χ1n) is 1.72. The van der Waals surface area contributed by atoms with Gasteiger partial charge in [0.15, 0.2) is 8.98 Å². The molecule has 3 nitrogen and oxygen atoms in total. The fourth-order valence-corrected chi connectivity index (χ4v) is 0. The molecule has 0 amide bonds. The van der Waals surface area contributed by atoms with E-state index in [9.17, 15) is 0 Å². The first kappa shape index (κ1) is 5.30. The Bertz CT molecular complexity index is 44.3. The molecule has 0 rings (SSSR count). The summed E-state index contributed by atoms with van der Waals surface area (Å²) in [4.78, 5) is 7.95. The topological polar surface area (TPSA) is 46.5 Å². The molecule has 6 heteroatoms. The average molecular weight is 169 g/mol. The van der Waals surface area contributed by atoms with Gasteiger partial charge in [-0.15, -0.1) is 0 Å². The van der Waals surface area contributed by atoms with E-state index in [1.807, 2.05) is 0 Å². The fraction of sp³-hybridized carbons (Fsp3) is 0. The SMILES string of the molecule is [3H]POP([3H])O.[O]=[V]. The van der Waals surface area contributed by atoms with E-state index < -0.39 is 18.4 Å². The third kappa shape index (κ3) is 19.1. The van der Waals surface area contributed by atoms with Gasteiger partial charge in [-0.25, -0.2) is 0 Å². The fourth-order valence-electron chi connectivity index (χ4n) is 0. The molecule has 6 heavy (non-hydrogen) atoms. The molecule has 0 heterocycles. The van der Waals surface area contributed by atoms with Crippen LogP contribution in [0.1, 0.15) is 0 Å². The zero-order valence-corrected chi connectivity index (χ0v) is 5.95. The van der Waals surface area contributed by atoms with E-state index in [1.54, 1.807) is 0 Å². The maximum atomic E-state index is 8.19. The summed E-state index contributed by atoms with van der Waals surface area (Å²) in [6, 6.07) is 0. The van der Waals surface area contributed by atoms with Crippen LogP contribution in [0.3, 0.4) is 0 Å². The van der Waals surface area contributed by atoms with E-state index in [1.165, 1.54) is 0 Å². The zero-order chi connectivity index (χ0) is 6.99. The molecule has 0 aromatic heterocycles. The predicted octanol–water partition coefficient (Wildman–Crippen LogP) is 0.173. The van der Waals surface area contributed by atoms with Gasteiger partial charge in [0.05, 0.1) is 1.28 Å². The van der Waals surface area contributed by atoms with Gasteiger partial charge in [-0.3, -0.25) is 0 Å². The normalized spacial score (nSPS) is 17.3. The van der Waals surface area contributed by atoms with Gasteiger partial charge < -0.3 is 9.20 Å². The van der Waals surface area contributed by atoms with Crippen molar-refractivity contribution in [2.45, 2.75) is 0 Å². The monoisotopic (exact) mass is 169 g/mol. The molecule has 0 aromatic rings. The van der Waals surface area contributed by atoms with Crippen molar-refractivity contribution in [3.05, 3.63) is 0 Å². The van der Waals surface area contributed by atoms with Crippen LogP contribution in [0.4, 0.5) is 0 Å². The van der Waals surface area contributed by atoms with Gasteiger partial charge in [-0.2, -0.15) is 0 Å². The van der Waals surface area contributed by atoms with Crippen LogP contribution in [0.2, 0.25) is 0 Å². The first-order valence-corrected chi connectivity index (χ1v) is 2.51. The van der Waals surface area contributed by atoms with Gasteiger partial charge in [-0.1, -0.05) is 0 Å². The molecular formula is H4O3P2V. The summed E-state index contributed by atoms with van der Waals surface area (Å²) in [5.74, 6) is 0. The molecule has 0 spiro atoms. The molecule has 37 valence electrons. The van der Waals surface area contributed by atoms with Crippen LogP contribution >= 0.6 is 18.4 Å². The summed E-state index contributed by atoms with van der Waals surface area (Å²) in [5.41, 5.74) is 0. The first-order chi connectivity index (χ1) is 3.77. The second-order valence-corrected chi connectivity index (χ2v) is 1.07. The minimum atomic E-state index is -2.03. The Morgan fingerprint density at radius 2 is 2.83 bits per heavy atom. The molecule has 2 atom stereocenters. The molecule has 0 saturated heterocycles. The number of rotatable bonds is 2. The molecule has 0 aliphatic carbocycles. The van der Waals surface area contributed by atoms with E-state index in [0.717, 1.165) is 17.4 Å². The molecule has 0 bridgehead atoms. The summed E-state index contributed by atoms with van der Waals surface area (Å²) in [5, 5.41) is 0. The van der Waals surface area contributed by atoms with Crippen molar-refractivity contribution in [2.75, 3.05) is 0 Å². The average Bonchev–Trinajstić information content (AvgIpc) is 1.72. The Hall–Kier alpha value is 1.16. The van der Waals surface area contributed by atoms with Gasteiger partial charge >= 0.3 is 21.0 Å². The molecule has 0 saturated carbocycles. The second-order valence-electron chi connectivity index (χ2n) is 0.173. The summed E-state index contributed by atoms with van der Waals surface area (Å²) < 4.78 is 24.7. The summed E-state index contributed by atoms with van der Waals surface area (Å²) in [6.45, 7) is 0. The van der Waals surface area contributed by atoms with Crippen LogP contribution in [-0.4, -0.2) is 7.45 Å². The van der Waals surface area contributed by atoms with Crippen LogP contribution in [-0.2, 0) is 25.4 Å². The molecule has 0 aromatic carbocycles. The molecule has 1 N–H and O–H groups in total. The Morgan fingerprint density at radius 3 is 2.83 bits per heavy atom. The van der Waals surface area contributed by atoms with E-state index in [-0.39, 0.29) is 0 Å². The number of hydrogen-bond acceptors (Lipinski definition) is 3. The van der Waals surface area contributed by atoms with Crippen molar-refractivity contribution >= 4 is 18.4 Å². The van der Waals surface area contributed by atoms with E-state index in [0.29, 0.717) is 0 Å². The maximum absolute atomic E-state index is 8.19. The second kappa shape index (κ2) is 16.4. The van der Waals surface area contributed by atoms with E-state index in [4.69, 9.17) is 11.1 Å². The van der Waals surface area contributed by atoms with Crippen LogP contribution < -0.4 is 0 Å². The predicted molar refractivity (Wildman–Crippen MR) is 22.0 cm³/mol. The van der Waals surface area contributed by atoms with Gasteiger partial charge in [0.1, 0.15) is 1.28 Å². The quantitative estimate of drug-likeness (QED) is 0.599. The van der Waals surface area contributed by atoms with Gasteiger partial charge in [0, 0.05) is 9.41 Å². The van der Waals surface area contributed by atoms with Crippen LogP contribution in [0, 0.1) is 0 Å². The van der Waals surface area contributed by atoms with Crippen molar-refractivity contribution in [2.24, 2.45) is 0 Å². The summed E-state index contributed by atoms with van der Waals surface area (Å²) >= 11 is 1.06. The summed E-state index contributed by atoms with van der Waals surface area (Å²) in [6.07, 6.45) is 0. The van der Waals surface area contributed by atoms with Gasteiger partial charge in [0.25, 0.3) is 0 Å². The van der Waals surface area contributed by atoms with Crippen molar-refractivity contribution in [3.8, 4) is 0 Å². The van der Waals surface area contributed by atoms with Crippen molar-refractivity contribution < 1.29 is 30.2 Å².